The van der Waals surface area contributed by atoms with E-state index in [-0.39, 0.29) is 5.91 Å². The van der Waals surface area contributed by atoms with E-state index in [4.69, 9.17) is 14.5 Å². The number of carboxylic acid groups (broad SMARTS) is 1. The standard InChI is InChI=1S/C27H29N3O5S.C6H10/c1-6-20(26(32)33)30-21-11-9-8-10-17(21)13-22(30)25(31)29(7-2)27-28-19(15-36-27)18-14-23(34-4)16(3)12-24(18)35-5;1-2-5-4-6(5)3-1/h8-15,20H,6-7H2,1-5H3,(H,32,33);5-6H,1-4H2. The van der Waals surface area contributed by atoms with Crippen molar-refractivity contribution in [2.75, 3.05) is 25.7 Å². The Kier molecular flexibility index (Phi) is 8.87. The highest BCUT2D eigenvalue weighted by Gasteiger charge is 2.40. The van der Waals surface area contributed by atoms with E-state index in [1.165, 1.54) is 29.6 Å². The molecule has 0 spiro atoms. The van der Waals surface area contributed by atoms with Crippen LogP contribution in [0.2, 0.25) is 0 Å². The summed E-state index contributed by atoms with van der Waals surface area (Å²) in [5, 5.41) is 13.1. The summed E-state index contributed by atoms with van der Waals surface area (Å²) in [6.07, 6.45) is 6.58. The van der Waals surface area contributed by atoms with Crippen LogP contribution in [0.1, 0.15) is 68.0 Å². The Morgan fingerprint density at radius 1 is 1.10 bits per heavy atom. The Morgan fingerprint density at radius 2 is 1.81 bits per heavy atom. The van der Waals surface area contributed by atoms with Gasteiger partial charge >= 0.3 is 5.97 Å². The van der Waals surface area contributed by atoms with Crippen LogP contribution in [0.15, 0.2) is 47.8 Å². The molecule has 2 aromatic carbocycles. The molecule has 8 nitrogen and oxygen atoms in total. The minimum absolute atomic E-state index is 0.303. The average molecular weight is 590 g/mol. The summed E-state index contributed by atoms with van der Waals surface area (Å²) < 4.78 is 12.7. The third-order valence-electron chi connectivity index (χ3n) is 8.45. The summed E-state index contributed by atoms with van der Waals surface area (Å²) >= 11 is 1.34. The van der Waals surface area contributed by atoms with Crippen molar-refractivity contribution < 1.29 is 24.2 Å². The molecule has 2 aromatic heterocycles. The average Bonchev–Trinajstić information content (AvgIpc) is 3.33. The van der Waals surface area contributed by atoms with Gasteiger partial charge < -0.3 is 19.1 Å². The van der Waals surface area contributed by atoms with Crippen molar-refractivity contribution >= 4 is 39.2 Å². The Balaban J connectivity index is 0.000000513. The van der Waals surface area contributed by atoms with Crippen LogP contribution in [0, 0.1) is 18.8 Å². The van der Waals surface area contributed by atoms with Gasteiger partial charge in [0.05, 0.1) is 19.9 Å². The molecule has 0 aliphatic heterocycles. The molecule has 3 atom stereocenters. The van der Waals surface area contributed by atoms with Crippen LogP contribution >= 0.6 is 11.3 Å². The fraction of sp³-hybridized carbons (Fsp3) is 0.424. The van der Waals surface area contributed by atoms with Gasteiger partial charge in [0.15, 0.2) is 5.13 Å². The van der Waals surface area contributed by atoms with Gasteiger partial charge in [0.1, 0.15) is 23.2 Å². The van der Waals surface area contributed by atoms with Gasteiger partial charge in [-0.2, -0.15) is 0 Å². The van der Waals surface area contributed by atoms with Crippen molar-refractivity contribution in [1.82, 2.24) is 9.55 Å². The topological polar surface area (TPSA) is 93.9 Å². The van der Waals surface area contributed by atoms with Crippen molar-refractivity contribution in [3.05, 3.63) is 59.1 Å². The Labute approximate surface area is 250 Å². The number of hydrogen-bond acceptors (Lipinski definition) is 6. The van der Waals surface area contributed by atoms with Gasteiger partial charge in [0.2, 0.25) is 0 Å². The highest BCUT2D eigenvalue weighted by Crippen LogP contribution is 2.51. The summed E-state index contributed by atoms with van der Waals surface area (Å²) in [4.78, 5) is 32.3. The van der Waals surface area contributed by atoms with Crippen molar-refractivity contribution in [2.45, 2.75) is 58.9 Å². The number of fused-ring (bicyclic) bond motifs is 2. The van der Waals surface area contributed by atoms with Crippen LogP contribution in [0.3, 0.4) is 0 Å². The highest BCUT2D eigenvalue weighted by molar-refractivity contribution is 7.14. The second-order valence-corrected chi connectivity index (χ2v) is 11.8. The van der Waals surface area contributed by atoms with Gasteiger partial charge in [-0.25, -0.2) is 9.78 Å². The largest absolute Gasteiger partial charge is 0.496 e. The molecule has 3 unspecified atom stereocenters. The zero-order valence-corrected chi connectivity index (χ0v) is 25.7. The molecule has 222 valence electrons. The van der Waals surface area contributed by atoms with Gasteiger partial charge in [-0.1, -0.05) is 44.4 Å². The number of amides is 1. The number of para-hydroxylation sites is 1. The number of ether oxygens (including phenoxy) is 2. The van der Waals surface area contributed by atoms with Gasteiger partial charge in [-0.05, 0) is 68.4 Å². The number of methoxy groups -OCH3 is 2. The van der Waals surface area contributed by atoms with E-state index in [0.717, 1.165) is 16.5 Å². The number of benzene rings is 2. The number of aromatic nitrogens is 2. The number of rotatable bonds is 9. The van der Waals surface area contributed by atoms with Crippen LogP contribution in [-0.4, -0.2) is 47.3 Å². The molecule has 2 fully saturated rings. The van der Waals surface area contributed by atoms with Crippen molar-refractivity contribution in [1.29, 1.82) is 0 Å². The first-order valence-corrected chi connectivity index (χ1v) is 15.5. The summed E-state index contributed by atoms with van der Waals surface area (Å²) in [5.74, 6) is 2.52. The molecule has 6 rings (SSSR count). The zero-order chi connectivity index (χ0) is 30.0. The van der Waals surface area contributed by atoms with E-state index in [2.05, 4.69) is 0 Å². The Bertz CT molecular complexity index is 1580. The van der Waals surface area contributed by atoms with Crippen LogP contribution in [0.5, 0.6) is 11.5 Å². The lowest BCUT2D eigenvalue weighted by atomic mass is 10.1. The molecule has 0 radical (unpaired) electrons. The molecule has 1 N–H and O–H groups in total. The van der Waals surface area contributed by atoms with Crippen molar-refractivity contribution in [3.8, 4) is 22.8 Å². The SMILES string of the molecule is C1CC2CC2C1.CCC(C(=O)O)n1c(C(=O)N(CC)c2nc(-c3cc(OC)c(C)cc3OC)cs2)cc2ccccc21. The van der Waals surface area contributed by atoms with E-state index in [9.17, 15) is 14.7 Å². The molecule has 2 aliphatic carbocycles. The first kappa shape index (κ1) is 29.6. The van der Waals surface area contributed by atoms with Crippen LogP contribution in [0.4, 0.5) is 5.13 Å². The lowest BCUT2D eigenvalue weighted by Crippen LogP contribution is -2.33. The van der Waals surface area contributed by atoms with Crippen molar-refractivity contribution in [2.24, 2.45) is 11.8 Å². The number of hydrogen-bond donors (Lipinski definition) is 1. The van der Waals surface area contributed by atoms with Crippen LogP contribution < -0.4 is 14.4 Å². The molecule has 0 bridgehead atoms. The number of aryl methyl sites for hydroxylation is 1. The number of aliphatic carboxylic acids is 1. The fourth-order valence-electron chi connectivity index (χ4n) is 6.07. The van der Waals surface area contributed by atoms with Crippen LogP contribution in [0.25, 0.3) is 22.2 Å². The maximum absolute atomic E-state index is 13.9. The lowest BCUT2D eigenvalue weighted by Gasteiger charge is -2.22. The third kappa shape index (κ3) is 5.75. The first-order chi connectivity index (χ1) is 20.3. The maximum Gasteiger partial charge on any atom is 0.326 e. The van der Waals surface area contributed by atoms with E-state index >= 15 is 0 Å². The lowest BCUT2D eigenvalue weighted by molar-refractivity contribution is -0.140. The van der Waals surface area contributed by atoms with Crippen molar-refractivity contribution in [3.63, 3.8) is 0 Å². The molecular weight excluding hydrogens is 550 g/mol. The minimum Gasteiger partial charge on any atom is -0.496 e. The summed E-state index contributed by atoms with van der Waals surface area (Å²) in [6, 6.07) is 12.1. The number of thiazole rings is 1. The normalized spacial score (nSPS) is 17.6. The predicted octanol–water partition coefficient (Wildman–Crippen LogP) is 7.60. The molecule has 0 saturated heterocycles. The van der Waals surface area contributed by atoms with Gasteiger partial charge in [0, 0.05) is 28.4 Å². The quantitative estimate of drug-likeness (QED) is 0.216. The summed E-state index contributed by atoms with van der Waals surface area (Å²) in [5.41, 5.74) is 3.39. The van der Waals surface area contributed by atoms with E-state index in [1.807, 2.05) is 55.6 Å². The monoisotopic (exact) mass is 589 g/mol. The Morgan fingerprint density at radius 3 is 2.38 bits per heavy atom. The second-order valence-electron chi connectivity index (χ2n) is 11.0. The summed E-state index contributed by atoms with van der Waals surface area (Å²) in [6.45, 7) is 5.98. The molecular formula is C33H39N3O5S. The van der Waals surface area contributed by atoms with E-state index < -0.39 is 12.0 Å². The molecule has 2 saturated carbocycles. The number of carboxylic acids is 1. The summed E-state index contributed by atoms with van der Waals surface area (Å²) in [7, 11) is 3.22. The van der Waals surface area contributed by atoms with E-state index in [1.54, 1.807) is 55.9 Å². The molecule has 2 aliphatic rings. The smallest absolute Gasteiger partial charge is 0.326 e. The minimum atomic E-state index is -0.979. The van der Waals surface area contributed by atoms with E-state index in [0.29, 0.717) is 46.5 Å². The number of anilines is 1. The third-order valence-corrected chi connectivity index (χ3v) is 9.31. The predicted molar refractivity (Wildman–Crippen MR) is 167 cm³/mol. The fourth-order valence-corrected chi connectivity index (χ4v) is 6.96. The number of carbonyl (C=O) groups is 2. The Hall–Kier alpha value is -3.85. The highest BCUT2D eigenvalue weighted by atomic mass is 32.1. The first-order valence-electron chi connectivity index (χ1n) is 14.6. The molecule has 2 heterocycles. The number of carbonyl (C=O) groups excluding carboxylic acids is 1. The van der Waals surface area contributed by atoms with Crippen LogP contribution in [-0.2, 0) is 4.79 Å². The van der Waals surface area contributed by atoms with Gasteiger partial charge in [0.25, 0.3) is 5.91 Å². The van der Waals surface area contributed by atoms with Gasteiger partial charge in [-0.15, -0.1) is 11.3 Å². The number of nitrogens with zero attached hydrogens (tertiary/aromatic N) is 3. The molecule has 9 heteroatoms. The zero-order valence-electron chi connectivity index (χ0n) is 24.9. The molecule has 4 aromatic rings. The second kappa shape index (κ2) is 12.6. The molecule has 42 heavy (non-hydrogen) atoms. The maximum atomic E-state index is 13.9. The van der Waals surface area contributed by atoms with Gasteiger partial charge in [-0.3, -0.25) is 9.69 Å². The molecule has 1 amide bonds.